The van der Waals surface area contributed by atoms with Crippen molar-refractivity contribution in [2.45, 2.75) is 30.8 Å². The fourth-order valence-corrected chi connectivity index (χ4v) is 3.62. The normalized spacial score (nSPS) is 11.9. The molecule has 0 aliphatic rings. The third kappa shape index (κ3) is 4.25. The molecule has 2 heterocycles. The highest BCUT2D eigenvalue weighted by atomic mass is 32.2. The summed E-state index contributed by atoms with van der Waals surface area (Å²) in [6.07, 6.45) is 3.54. The van der Waals surface area contributed by atoms with E-state index in [4.69, 9.17) is 39.7 Å². The van der Waals surface area contributed by atoms with Crippen LogP contribution in [-0.2, 0) is 8.82 Å². The van der Waals surface area contributed by atoms with E-state index in [1.165, 1.54) is 0 Å². The second kappa shape index (κ2) is 8.54. The first-order chi connectivity index (χ1) is 13.0. The molecular weight excluding hydrogens is 378 g/mol. The minimum atomic E-state index is -0.630. The molecule has 2 aromatic heterocycles. The molecule has 27 heavy (non-hydrogen) atoms. The molecule has 0 aliphatic heterocycles. The Labute approximate surface area is 170 Å². The summed E-state index contributed by atoms with van der Waals surface area (Å²) < 4.78 is 12.5. The number of thiol groups is 2. The highest BCUT2D eigenvalue weighted by Crippen LogP contribution is 2.38. The summed E-state index contributed by atoms with van der Waals surface area (Å²) in [6.45, 7) is 5.38. The van der Waals surface area contributed by atoms with Crippen molar-refractivity contribution in [3.8, 4) is 11.7 Å². The molecule has 1 aromatic carbocycles. The van der Waals surface area contributed by atoms with Crippen LogP contribution < -0.4 is 9.30 Å². The van der Waals surface area contributed by atoms with E-state index in [-0.39, 0.29) is 0 Å². The summed E-state index contributed by atoms with van der Waals surface area (Å²) in [5.74, 6) is 1.57. The van der Waals surface area contributed by atoms with Crippen LogP contribution in [0.2, 0.25) is 0 Å². The number of H-pyrrole nitrogens is 1. The van der Waals surface area contributed by atoms with Crippen molar-refractivity contribution in [3.05, 3.63) is 47.8 Å². The quantitative estimate of drug-likeness (QED) is 0.230. The highest BCUT2D eigenvalue weighted by molar-refractivity contribution is 7.99. The van der Waals surface area contributed by atoms with Gasteiger partial charge in [-0.15, -0.1) is 0 Å². The van der Waals surface area contributed by atoms with Crippen LogP contribution in [0.15, 0.2) is 36.5 Å². The van der Waals surface area contributed by atoms with Crippen LogP contribution in [0, 0.1) is 6.92 Å². The van der Waals surface area contributed by atoms with Crippen LogP contribution in [0.3, 0.4) is 0 Å². The predicted molar refractivity (Wildman–Crippen MR) is 114 cm³/mol. The molecule has 0 saturated carbocycles. The van der Waals surface area contributed by atoms with Crippen LogP contribution in [0.1, 0.15) is 31.0 Å². The lowest BCUT2D eigenvalue weighted by molar-refractivity contribution is -0.613. The standard InChI is InChI=1S/C20H25N3O2S2/c1-4-20(26,27)18-14(2)17(25-13-7-12-24-3)10-11-23(18)19-21-15-8-5-6-9-16(15)22-19/h5-6,8-11H,4,7,12-13H2,1-3H3,(H2-,21,22,26,27)/p+1. The Hall–Kier alpha value is -1.70. The van der Waals surface area contributed by atoms with Gasteiger partial charge in [0.05, 0.1) is 12.8 Å². The minimum Gasteiger partial charge on any atom is -0.493 e. The van der Waals surface area contributed by atoms with Gasteiger partial charge in [-0.25, -0.2) is 9.55 Å². The summed E-state index contributed by atoms with van der Waals surface area (Å²) in [6, 6.07) is 9.94. The molecule has 3 rings (SSSR count). The second-order valence-electron chi connectivity index (χ2n) is 6.47. The number of aromatic amines is 1. The number of methoxy groups -OCH3 is 1. The zero-order valence-corrected chi connectivity index (χ0v) is 17.7. The maximum absolute atomic E-state index is 5.98. The number of para-hydroxylation sites is 2. The topological polar surface area (TPSA) is 51.0 Å². The van der Waals surface area contributed by atoms with Gasteiger partial charge in [0.1, 0.15) is 21.0 Å². The van der Waals surface area contributed by atoms with Crippen molar-refractivity contribution >= 4 is 36.3 Å². The Morgan fingerprint density at radius 1 is 1.19 bits per heavy atom. The molecule has 1 N–H and O–H groups in total. The van der Waals surface area contributed by atoms with Crippen LogP contribution in [0.5, 0.6) is 5.75 Å². The third-order valence-electron chi connectivity index (χ3n) is 4.57. The lowest BCUT2D eigenvalue weighted by Gasteiger charge is -2.25. The van der Waals surface area contributed by atoms with E-state index >= 15 is 0 Å². The van der Waals surface area contributed by atoms with Crippen molar-refractivity contribution in [1.82, 2.24) is 9.97 Å². The number of imidazole rings is 1. The van der Waals surface area contributed by atoms with Gasteiger partial charge in [-0.3, -0.25) is 0 Å². The van der Waals surface area contributed by atoms with Crippen molar-refractivity contribution in [3.63, 3.8) is 0 Å². The molecular formula is C20H26N3O2S2+. The van der Waals surface area contributed by atoms with Crippen molar-refractivity contribution in [2.24, 2.45) is 0 Å². The largest absolute Gasteiger partial charge is 0.493 e. The van der Waals surface area contributed by atoms with Crippen LogP contribution in [0.4, 0.5) is 0 Å². The monoisotopic (exact) mass is 404 g/mol. The number of aromatic nitrogens is 3. The first-order valence-electron chi connectivity index (χ1n) is 9.05. The Kier molecular flexibility index (Phi) is 6.34. The molecule has 0 bridgehead atoms. The molecule has 0 spiro atoms. The number of hydrogen-bond donors (Lipinski definition) is 3. The number of pyridine rings is 1. The molecule has 0 radical (unpaired) electrons. The lowest BCUT2D eigenvalue weighted by Crippen LogP contribution is -2.42. The molecule has 144 valence electrons. The average Bonchev–Trinajstić information content (AvgIpc) is 3.10. The number of ether oxygens (including phenoxy) is 2. The predicted octanol–water partition coefficient (Wildman–Crippen LogP) is 3.99. The van der Waals surface area contributed by atoms with Gasteiger partial charge in [0.25, 0.3) is 0 Å². The van der Waals surface area contributed by atoms with E-state index in [1.807, 2.05) is 48.0 Å². The van der Waals surface area contributed by atoms with Gasteiger partial charge in [-0.1, -0.05) is 24.0 Å². The van der Waals surface area contributed by atoms with Gasteiger partial charge in [0.15, 0.2) is 5.52 Å². The average molecular weight is 405 g/mol. The maximum atomic E-state index is 5.98. The van der Waals surface area contributed by atoms with E-state index in [0.29, 0.717) is 13.2 Å². The molecule has 0 aliphatic carbocycles. The van der Waals surface area contributed by atoms with E-state index < -0.39 is 4.08 Å². The van der Waals surface area contributed by atoms with Crippen LogP contribution in [-0.4, -0.2) is 30.3 Å². The summed E-state index contributed by atoms with van der Waals surface area (Å²) in [5.41, 5.74) is 3.86. The fourth-order valence-electron chi connectivity index (χ4n) is 3.07. The summed E-state index contributed by atoms with van der Waals surface area (Å²) in [7, 11) is 1.69. The van der Waals surface area contributed by atoms with Gasteiger partial charge in [-0.2, -0.15) is 25.3 Å². The van der Waals surface area contributed by atoms with Crippen LogP contribution >= 0.6 is 25.3 Å². The van der Waals surface area contributed by atoms with Gasteiger partial charge in [-0.05, 0) is 25.5 Å². The molecule has 7 heteroatoms. The van der Waals surface area contributed by atoms with E-state index in [1.54, 1.807) is 7.11 Å². The number of rotatable bonds is 8. The zero-order chi connectivity index (χ0) is 19.4. The molecule has 0 amide bonds. The second-order valence-corrected chi connectivity index (χ2v) is 8.35. The van der Waals surface area contributed by atoms with E-state index in [9.17, 15) is 0 Å². The number of fused-ring (bicyclic) bond motifs is 1. The number of benzene rings is 1. The Morgan fingerprint density at radius 2 is 1.96 bits per heavy atom. The minimum absolute atomic E-state index is 0.598. The van der Waals surface area contributed by atoms with Crippen molar-refractivity contribution < 1.29 is 14.0 Å². The van der Waals surface area contributed by atoms with Gasteiger partial charge < -0.3 is 9.47 Å². The van der Waals surface area contributed by atoms with Crippen molar-refractivity contribution in [1.29, 1.82) is 0 Å². The zero-order valence-electron chi connectivity index (χ0n) is 15.9. The highest BCUT2D eigenvalue weighted by Gasteiger charge is 2.33. The number of nitrogens with zero attached hydrogens (tertiary/aromatic N) is 2. The molecule has 5 nitrogen and oxygen atoms in total. The van der Waals surface area contributed by atoms with E-state index in [0.717, 1.165) is 46.8 Å². The number of hydrogen-bond acceptors (Lipinski definition) is 5. The first-order valence-corrected chi connectivity index (χ1v) is 9.94. The lowest BCUT2D eigenvalue weighted by atomic mass is 10.1. The Balaban J connectivity index is 2.06. The van der Waals surface area contributed by atoms with Crippen molar-refractivity contribution in [2.75, 3.05) is 20.3 Å². The van der Waals surface area contributed by atoms with E-state index in [2.05, 4.69) is 11.9 Å². The summed E-state index contributed by atoms with van der Waals surface area (Å²) in [5, 5.41) is 0. The van der Waals surface area contributed by atoms with Crippen LogP contribution in [0.25, 0.3) is 17.0 Å². The SMILES string of the molecule is CCC(S)(S)c1c(C)c(OCCCOC)cc[n+]1-c1nc2ccccc2[nH]1. The number of nitrogens with one attached hydrogen (secondary N) is 1. The van der Waals surface area contributed by atoms with Gasteiger partial charge in [0.2, 0.25) is 0 Å². The van der Waals surface area contributed by atoms with Gasteiger partial charge in [0, 0.05) is 31.8 Å². The van der Waals surface area contributed by atoms with Gasteiger partial charge >= 0.3 is 5.95 Å². The summed E-state index contributed by atoms with van der Waals surface area (Å²) >= 11 is 9.65. The summed E-state index contributed by atoms with van der Waals surface area (Å²) in [4.78, 5) is 8.11. The molecule has 0 fully saturated rings. The fraction of sp³-hybridized carbons (Fsp3) is 0.400. The maximum Gasteiger partial charge on any atom is 0.402 e. The Morgan fingerprint density at radius 3 is 2.67 bits per heavy atom. The third-order valence-corrected chi connectivity index (χ3v) is 5.62. The Bertz CT molecular complexity index is 892. The first kappa shape index (κ1) is 20.0. The molecule has 3 aromatic rings. The smallest absolute Gasteiger partial charge is 0.402 e. The molecule has 0 saturated heterocycles. The molecule has 0 atom stereocenters. The molecule has 0 unspecified atom stereocenters.